The minimum Gasteiger partial charge on any atom is -0.480 e. The van der Waals surface area contributed by atoms with Gasteiger partial charge in [-0.15, -0.1) is 0 Å². The Balaban J connectivity index is 2.48. The van der Waals surface area contributed by atoms with Crippen molar-refractivity contribution >= 4 is 11.9 Å². The van der Waals surface area contributed by atoms with E-state index < -0.39 is 12.0 Å². The lowest BCUT2D eigenvalue weighted by Crippen LogP contribution is -2.52. The maximum atomic E-state index is 12.1. The monoisotopic (exact) mass is 272 g/mol. The third kappa shape index (κ3) is 4.80. The van der Waals surface area contributed by atoms with Crippen molar-refractivity contribution in [1.82, 2.24) is 4.90 Å². The van der Waals surface area contributed by atoms with E-state index in [9.17, 15) is 9.59 Å². The zero-order chi connectivity index (χ0) is 14.3. The highest BCUT2D eigenvalue weighted by Crippen LogP contribution is 2.17. The first-order valence-electron chi connectivity index (χ1n) is 6.90. The van der Waals surface area contributed by atoms with Gasteiger partial charge in [0, 0.05) is 13.0 Å². The number of hydrogen-bond acceptors (Lipinski definition) is 4. The van der Waals surface area contributed by atoms with Crippen molar-refractivity contribution in [1.29, 1.82) is 0 Å². The van der Waals surface area contributed by atoms with E-state index in [2.05, 4.69) is 6.92 Å². The van der Waals surface area contributed by atoms with E-state index in [0.29, 0.717) is 32.0 Å². The summed E-state index contributed by atoms with van der Waals surface area (Å²) in [5, 5.41) is 9.07. The number of rotatable bonds is 7. The molecule has 1 fully saturated rings. The van der Waals surface area contributed by atoms with Crippen LogP contribution in [0.5, 0.6) is 0 Å². The SMILES string of the molecule is CCC(CCN)CCC(=O)N1CCOCC1C(=O)O. The second-order valence-corrected chi connectivity index (χ2v) is 4.91. The third-order valence-corrected chi connectivity index (χ3v) is 3.65. The number of nitrogens with two attached hydrogens (primary N) is 1. The number of carbonyl (C=O) groups excluding carboxylic acids is 1. The molecule has 1 rings (SSSR count). The molecule has 1 amide bonds. The molecule has 6 nitrogen and oxygen atoms in total. The standard InChI is InChI=1S/C13H24N2O4/c1-2-10(5-6-14)3-4-12(16)15-7-8-19-9-11(15)13(17)18/h10-11H,2-9,14H2,1H3,(H,17,18). The molecule has 0 aromatic heterocycles. The molecule has 0 aromatic rings. The van der Waals surface area contributed by atoms with Gasteiger partial charge in [0.15, 0.2) is 6.04 Å². The Kier molecular flexibility index (Phi) is 6.80. The van der Waals surface area contributed by atoms with Crippen molar-refractivity contribution in [2.24, 2.45) is 11.7 Å². The van der Waals surface area contributed by atoms with E-state index in [0.717, 1.165) is 19.3 Å². The maximum Gasteiger partial charge on any atom is 0.328 e. The molecule has 1 aliphatic heterocycles. The summed E-state index contributed by atoms with van der Waals surface area (Å²) in [4.78, 5) is 24.6. The second kappa shape index (κ2) is 8.12. The van der Waals surface area contributed by atoms with Crippen LogP contribution in [0.2, 0.25) is 0 Å². The largest absolute Gasteiger partial charge is 0.480 e. The minimum absolute atomic E-state index is 0.0844. The average Bonchev–Trinajstić information content (AvgIpc) is 2.43. The van der Waals surface area contributed by atoms with E-state index in [4.69, 9.17) is 15.6 Å². The van der Waals surface area contributed by atoms with Crippen molar-refractivity contribution < 1.29 is 19.4 Å². The van der Waals surface area contributed by atoms with Crippen molar-refractivity contribution in [3.63, 3.8) is 0 Å². The first-order valence-corrected chi connectivity index (χ1v) is 6.90. The van der Waals surface area contributed by atoms with Crippen LogP contribution < -0.4 is 5.73 Å². The summed E-state index contributed by atoms with van der Waals surface area (Å²) in [6, 6.07) is -0.837. The minimum atomic E-state index is -0.998. The average molecular weight is 272 g/mol. The highest BCUT2D eigenvalue weighted by atomic mass is 16.5. The molecule has 0 spiro atoms. The van der Waals surface area contributed by atoms with Gasteiger partial charge < -0.3 is 20.5 Å². The van der Waals surface area contributed by atoms with Gasteiger partial charge in [0.25, 0.3) is 0 Å². The van der Waals surface area contributed by atoms with Gasteiger partial charge in [-0.05, 0) is 25.3 Å². The molecule has 0 aliphatic carbocycles. The summed E-state index contributed by atoms with van der Waals surface area (Å²) < 4.78 is 5.12. The molecule has 0 bridgehead atoms. The third-order valence-electron chi connectivity index (χ3n) is 3.65. The van der Waals surface area contributed by atoms with Crippen LogP contribution in [0.25, 0.3) is 0 Å². The Hall–Kier alpha value is -1.14. The van der Waals surface area contributed by atoms with E-state index in [1.165, 1.54) is 4.90 Å². The Bertz CT molecular complexity index is 309. The highest BCUT2D eigenvalue weighted by molar-refractivity contribution is 5.84. The zero-order valence-electron chi connectivity index (χ0n) is 11.5. The zero-order valence-corrected chi connectivity index (χ0v) is 11.5. The first-order chi connectivity index (χ1) is 9.10. The van der Waals surface area contributed by atoms with Crippen LogP contribution in [0.3, 0.4) is 0 Å². The van der Waals surface area contributed by atoms with Crippen LogP contribution in [0.15, 0.2) is 0 Å². The number of nitrogens with zero attached hydrogens (tertiary/aromatic N) is 1. The molecule has 2 unspecified atom stereocenters. The van der Waals surface area contributed by atoms with Gasteiger partial charge >= 0.3 is 5.97 Å². The lowest BCUT2D eigenvalue weighted by Gasteiger charge is -2.33. The molecule has 0 aromatic carbocycles. The molecule has 19 heavy (non-hydrogen) atoms. The van der Waals surface area contributed by atoms with Gasteiger partial charge in [0.2, 0.25) is 5.91 Å². The number of carboxylic acids is 1. The van der Waals surface area contributed by atoms with Gasteiger partial charge in [-0.1, -0.05) is 13.3 Å². The summed E-state index contributed by atoms with van der Waals surface area (Å²) in [6.07, 6.45) is 3.07. The first kappa shape index (κ1) is 15.9. The molecular formula is C13H24N2O4. The number of hydrogen-bond donors (Lipinski definition) is 2. The summed E-state index contributed by atoms with van der Waals surface area (Å²) in [6.45, 7) is 3.57. The topological polar surface area (TPSA) is 92.9 Å². The van der Waals surface area contributed by atoms with Crippen molar-refractivity contribution in [2.45, 2.75) is 38.6 Å². The Morgan fingerprint density at radius 2 is 2.21 bits per heavy atom. The fourth-order valence-electron chi connectivity index (χ4n) is 2.37. The molecule has 6 heteroatoms. The molecule has 1 saturated heterocycles. The number of carboxylic acid groups (broad SMARTS) is 1. The molecule has 1 aliphatic rings. The van der Waals surface area contributed by atoms with Crippen LogP contribution in [-0.4, -0.2) is 54.2 Å². The van der Waals surface area contributed by atoms with Gasteiger partial charge in [-0.25, -0.2) is 4.79 Å². The number of morpholine rings is 1. The number of amides is 1. The fraction of sp³-hybridized carbons (Fsp3) is 0.846. The van der Waals surface area contributed by atoms with Crippen molar-refractivity contribution in [2.75, 3.05) is 26.3 Å². The Labute approximate surface area is 113 Å². The predicted octanol–water partition coefficient (Wildman–Crippen LogP) is 0.454. The number of carbonyl (C=O) groups is 2. The van der Waals surface area contributed by atoms with Gasteiger partial charge in [0.1, 0.15) is 0 Å². The number of aliphatic carboxylic acids is 1. The number of ether oxygens (including phenoxy) is 1. The Morgan fingerprint density at radius 3 is 2.79 bits per heavy atom. The Morgan fingerprint density at radius 1 is 1.47 bits per heavy atom. The van der Waals surface area contributed by atoms with Crippen LogP contribution in [0.4, 0.5) is 0 Å². The normalized spacial score (nSPS) is 21.2. The van der Waals surface area contributed by atoms with Crippen LogP contribution in [0.1, 0.15) is 32.6 Å². The second-order valence-electron chi connectivity index (χ2n) is 4.91. The van der Waals surface area contributed by atoms with Crippen LogP contribution >= 0.6 is 0 Å². The van der Waals surface area contributed by atoms with E-state index in [1.807, 2.05) is 0 Å². The van der Waals surface area contributed by atoms with E-state index >= 15 is 0 Å². The molecule has 2 atom stereocenters. The van der Waals surface area contributed by atoms with E-state index in [1.54, 1.807) is 0 Å². The summed E-state index contributed by atoms with van der Waals surface area (Å²) in [5.41, 5.74) is 5.53. The van der Waals surface area contributed by atoms with Crippen molar-refractivity contribution in [3.8, 4) is 0 Å². The lowest BCUT2D eigenvalue weighted by molar-refractivity contribution is -0.158. The van der Waals surface area contributed by atoms with Crippen molar-refractivity contribution in [3.05, 3.63) is 0 Å². The molecule has 3 N–H and O–H groups in total. The fourth-order valence-corrected chi connectivity index (χ4v) is 2.37. The summed E-state index contributed by atoms with van der Waals surface area (Å²) in [5.74, 6) is -0.647. The predicted molar refractivity (Wildman–Crippen MR) is 70.6 cm³/mol. The van der Waals surface area contributed by atoms with Crippen LogP contribution in [0, 0.1) is 5.92 Å². The highest BCUT2D eigenvalue weighted by Gasteiger charge is 2.32. The summed E-state index contributed by atoms with van der Waals surface area (Å²) >= 11 is 0. The molecule has 1 heterocycles. The molecule has 0 saturated carbocycles. The summed E-state index contributed by atoms with van der Waals surface area (Å²) in [7, 11) is 0. The molecule has 0 radical (unpaired) electrons. The quantitative estimate of drug-likeness (QED) is 0.702. The van der Waals surface area contributed by atoms with E-state index in [-0.39, 0.29) is 12.5 Å². The van der Waals surface area contributed by atoms with Crippen LogP contribution in [-0.2, 0) is 14.3 Å². The molecular weight excluding hydrogens is 248 g/mol. The van der Waals surface area contributed by atoms with Gasteiger partial charge in [0.05, 0.1) is 13.2 Å². The molecule has 110 valence electrons. The smallest absolute Gasteiger partial charge is 0.328 e. The van der Waals surface area contributed by atoms with Gasteiger partial charge in [-0.2, -0.15) is 0 Å². The maximum absolute atomic E-state index is 12.1. The van der Waals surface area contributed by atoms with Gasteiger partial charge in [-0.3, -0.25) is 4.79 Å². The lowest BCUT2D eigenvalue weighted by atomic mass is 9.96.